The predicted octanol–water partition coefficient (Wildman–Crippen LogP) is 3.09. The molecule has 3 N–H and O–H groups in total. The van der Waals surface area contributed by atoms with Crippen molar-refractivity contribution in [2.45, 2.75) is 24.5 Å². The molecule has 1 saturated heterocycles. The van der Waals surface area contributed by atoms with E-state index in [4.69, 9.17) is 5.73 Å². The predicted molar refractivity (Wildman–Crippen MR) is 85.5 cm³/mol. The van der Waals surface area contributed by atoms with E-state index in [9.17, 15) is 4.79 Å². The van der Waals surface area contributed by atoms with Gasteiger partial charge in [-0.25, -0.2) is 0 Å². The Morgan fingerprint density at radius 2 is 2.05 bits per heavy atom. The van der Waals surface area contributed by atoms with Gasteiger partial charge in [-0.2, -0.15) is 0 Å². The van der Waals surface area contributed by atoms with Gasteiger partial charge < -0.3 is 11.1 Å². The van der Waals surface area contributed by atoms with Crippen molar-refractivity contribution in [2.24, 2.45) is 11.7 Å². The quantitative estimate of drug-likeness (QED) is 0.896. The van der Waals surface area contributed by atoms with Gasteiger partial charge in [0.1, 0.15) is 0 Å². The van der Waals surface area contributed by atoms with Crippen LogP contribution in [-0.4, -0.2) is 23.5 Å². The minimum atomic E-state index is -0.182. The molecule has 19 heavy (non-hydrogen) atoms. The number of carbonyl (C=O) groups excluding carboxylic acids is 1. The summed E-state index contributed by atoms with van der Waals surface area (Å²) in [4.78, 5) is 12.0. The van der Waals surface area contributed by atoms with Gasteiger partial charge in [0.05, 0.1) is 10.5 Å². The van der Waals surface area contributed by atoms with E-state index in [1.54, 1.807) is 0 Å². The summed E-state index contributed by atoms with van der Waals surface area (Å²) >= 11 is 3.93. The molecule has 0 aliphatic carbocycles. The summed E-state index contributed by atoms with van der Waals surface area (Å²) in [5.41, 5.74) is 7.89. The van der Waals surface area contributed by atoms with Crippen molar-refractivity contribution in [3.05, 3.63) is 29.8 Å². The van der Waals surface area contributed by atoms with E-state index >= 15 is 0 Å². The van der Waals surface area contributed by atoms with Crippen LogP contribution in [-0.2, 0) is 4.79 Å². The van der Waals surface area contributed by atoms with Crippen LogP contribution in [0, 0.1) is 5.92 Å². The standard InChI is InChI=1S/C14H20N2OS2/c1-9(10(2)15)13(17)16-12-5-3-4-11(8-12)14-18-6-7-19-14/h3-5,8-10,14H,6-7,15H2,1-2H3,(H,16,17). The zero-order valence-electron chi connectivity index (χ0n) is 11.3. The molecule has 0 aromatic heterocycles. The maximum atomic E-state index is 12.0. The number of benzene rings is 1. The smallest absolute Gasteiger partial charge is 0.228 e. The van der Waals surface area contributed by atoms with E-state index in [1.807, 2.05) is 49.5 Å². The highest BCUT2D eigenvalue weighted by Gasteiger charge is 2.20. The molecule has 5 heteroatoms. The zero-order chi connectivity index (χ0) is 13.8. The minimum absolute atomic E-state index is 0.0149. The van der Waals surface area contributed by atoms with Crippen molar-refractivity contribution in [3.63, 3.8) is 0 Å². The van der Waals surface area contributed by atoms with Crippen molar-refractivity contribution in [2.75, 3.05) is 16.8 Å². The second-order valence-electron chi connectivity index (χ2n) is 4.84. The molecule has 0 spiro atoms. The first-order chi connectivity index (χ1) is 9.08. The van der Waals surface area contributed by atoms with Crippen molar-refractivity contribution in [3.8, 4) is 0 Å². The van der Waals surface area contributed by atoms with Crippen LogP contribution < -0.4 is 11.1 Å². The Balaban J connectivity index is 2.04. The molecule has 3 nitrogen and oxygen atoms in total. The normalized spacial score (nSPS) is 19.1. The van der Waals surface area contributed by atoms with E-state index in [0.29, 0.717) is 4.58 Å². The average molecular weight is 296 g/mol. The van der Waals surface area contributed by atoms with Crippen LogP contribution in [0.3, 0.4) is 0 Å². The molecule has 0 radical (unpaired) electrons. The molecule has 2 atom stereocenters. The molecule has 1 fully saturated rings. The maximum Gasteiger partial charge on any atom is 0.228 e. The van der Waals surface area contributed by atoms with Gasteiger partial charge in [-0.3, -0.25) is 4.79 Å². The van der Waals surface area contributed by atoms with Gasteiger partial charge in [-0.15, -0.1) is 23.5 Å². The summed E-state index contributed by atoms with van der Waals surface area (Å²) in [5.74, 6) is 2.21. The van der Waals surface area contributed by atoms with Crippen LogP contribution >= 0.6 is 23.5 Å². The third-order valence-corrected chi connectivity index (χ3v) is 6.35. The van der Waals surface area contributed by atoms with E-state index in [0.717, 1.165) is 5.69 Å². The highest BCUT2D eigenvalue weighted by Crippen LogP contribution is 2.45. The van der Waals surface area contributed by atoms with Gasteiger partial charge >= 0.3 is 0 Å². The molecule has 1 aliphatic rings. The number of thioether (sulfide) groups is 2. The SMILES string of the molecule is CC(N)C(C)C(=O)Nc1cccc(C2SCCS2)c1. The lowest BCUT2D eigenvalue weighted by atomic mass is 10.0. The summed E-state index contributed by atoms with van der Waals surface area (Å²) in [6.07, 6.45) is 0. The summed E-state index contributed by atoms with van der Waals surface area (Å²) in [5, 5.41) is 2.95. The van der Waals surface area contributed by atoms with Gasteiger partial charge in [0, 0.05) is 23.2 Å². The Hall–Kier alpha value is -0.650. The fourth-order valence-electron chi connectivity index (χ4n) is 1.81. The van der Waals surface area contributed by atoms with Gasteiger partial charge in [-0.1, -0.05) is 19.1 Å². The Morgan fingerprint density at radius 1 is 1.37 bits per heavy atom. The second-order valence-corrected chi connectivity index (χ2v) is 7.56. The molecule has 0 saturated carbocycles. The van der Waals surface area contributed by atoms with E-state index in [1.165, 1.54) is 17.1 Å². The molecular formula is C14H20N2OS2. The molecule has 104 valence electrons. The molecule has 1 aromatic rings. The average Bonchev–Trinajstić information content (AvgIpc) is 2.91. The van der Waals surface area contributed by atoms with E-state index < -0.39 is 0 Å². The largest absolute Gasteiger partial charge is 0.327 e. The first-order valence-electron chi connectivity index (χ1n) is 6.47. The van der Waals surface area contributed by atoms with E-state index in [2.05, 4.69) is 17.4 Å². The number of carbonyl (C=O) groups is 1. The zero-order valence-corrected chi connectivity index (χ0v) is 12.9. The fourth-order valence-corrected chi connectivity index (χ4v) is 4.65. The lowest BCUT2D eigenvalue weighted by Gasteiger charge is -2.16. The first kappa shape index (κ1) is 14.8. The number of hydrogen-bond donors (Lipinski definition) is 2. The Labute approximate surface area is 123 Å². The third kappa shape index (κ3) is 3.91. The molecule has 1 aliphatic heterocycles. The highest BCUT2D eigenvalue weighted by molar-refractivity contribution is 8.19. The van der Waals surface area contributed by atoms with Crippen LogP contribution in [0.1, 0.15) is 24.0 Å². The first-order valence-corrected chi connectivity index (χ1v) is 8.57. The van der Waals surface area contributed by atoms with Gasteiger partial charge in [0.2, 0.25) is 5.91 Å². The van der Waals surface area contributed by atoms with Crippen LogP contribution in [0.15, 0.2) is 24.3 Å². The highest BCUT2D eigenvalue weighted by atomic mass is 32.2. The second kappa shape index (κ2) is 6.68. The summed E-state index contributed by atoms with van der Waals surface area (Å²) in [7, 11) is 0. The number of nitrogens with two attached hydrogens (primary N) is 1. The Bertz CT molecular complexity index is 445. The summed E-state index contributed by atoms with van der Waals surface area (Å²) in [6, 6.07) is 7.99. The molecule has 1 heterocycles. The summed E-state index contributed by atoms with van der Waals surface area (Å²) < 4.78 is 0.503. The number of rotatable bonds is 4. The van der Waals surface area contributed by atoms with Gasteiger partial charge in [-0.05, 0) is 24.6 Å². The third-order valence-electron chi connectivity index (χ3n) is 3.25. The number of amides is 1. The van der Waals surface area contributed by atoms with Crippen molar-refractivity contribution in [1.29, 1.82) is 0 Å². The molecule has 0 bridgehead atoms. The van der Waals surface area contributed by atoms with Crippen LogP contribution in [0.4, 0.5) is 5.69 Å². The van der Waals surface area contributed by atoms with Gasteiger partial charge in [0.15, 0.2) is 0 Å². The van der Waals surface area contributed by atoms with Crippen molar-refractivity contribution in [1.82, 2.24) is 0 Å². The van der Waals surface area contributed by atoms with Crippen molar-refractivity contribution < 1.29 is 4.79 Å². The Morgan fingerprint density at radius 3 is 2.68 bits per heavy atom. The maximum absolute atomic E-state index is 12.0. The topological polar surface area (TPSA) is 55.1 Å². The molecule has 1 aromatic carbocycles. The summed E-state index contributed by atoms with van der Waals surface area (Å²) in [6.45, 7) is 3.71. The Kier molecular flexibility index (Phi) is 5.19. The molecule has 2 unspecified atom stereocenters. The van der Waals surface area contributed by atoms with Crippen LogP contribution in [0.5, 0.6) is 0 Å². The lowest BCUT2D eigenvalue weighted by Crippen LogP contribution is -2.34. The number of nitrogens with one attached hydrogen (secondary N) is 1. The van der Waals surface area contributed by atoms with E-state index in [-0.39, 0.29) is 17.9 Å². The number of hydrogen-bond acceptors (Lipinski definition) is 4. The molecule has 2 rings (SSSR count). The monoisotopic (exact) mass is 296 g/mol. The number of anilines is 1. The molecule has 1 amide bonds. The van der Waals surface area contributed by atoms with Crippen LogP contribution in [0.25, 0.3) is 0 Å². The molecular weight excluding hydrogens is 276 g/mol. The van der Waals surface area contributed by atoms with Crippen LogP contribution in [0.2, 0.25) is 0 Å². The lowest BCUT2D eigenvalue weighted by molar-refractivity contribution is -0.119. The van der Waals surface area contributed by atoms with Crippen molar-refractivity contribution >= 4 is 35.1 Å². The minimum Gasteiger partial charge on any atom is -0.327 e. The fraction of sp³-hybridized carbons (Fsp3) is 0.500. The van der Waals surface area contributed by atoms with Gasteiger partial charge in [0.25, 0.3) is 0 Å².